The van der Waals surface area contributed by atoms with Crippen LogP contribution in [0.4, 0.5) is 11.8 Å². The van der Waals surface area contributed by atoms with Crippen molar-refractivity contribution in [3.63, 3.8) is 0 Å². The lowest BCUT2D eigenvalue weighted by molar-refractivity contribution is 0.169. The molecule has 0 saturated carbocycles. The van der Waals surface area contributed by atoms with Gasteiger partial charge in [-0.15, -0.1) is 0 Å². The summed E-state index contributed by atoms with van der Waals surface area (Å²) in [6.07, 6.45) is 4.52. The first-order valence-corrected chi connectivity index (χ1v) is 8.24. The summed E-state index contributed by atoms with van der Waals surface area (Å²) in [6, 6.07) is 9.76. The van der Waals surface area contributed by atoms with E-state index in [4.69, 9.17) is 5.73 Å². The fraction of sp³-hybridized carbons (Fsp3) is 0.444. The molecule has 0 fully saturated rings. The summed E-state index contributed by atoms with van der Waals surface area (Å²) in [5.74, 6) is 1.27. The second-order valence-corrected chi connectivity index (χ2v) is 6.17. The number of rotatable bonds is 5. The van der Waals surface area contributed by atoms with Crippen molar-refractivity contribution < 1.29 is 5.11 Å². The summed E-state index contributed by atoms with van der Waals surface area (Å²) in [4.78, 5) is 10.9. The van der Waals surface area contributed by atoms with E-state index in [1.165, 1.54) is 18.4 Å². The lowest BCUT2D eigenvalue weighted by Gasteiger charge is -2.26. The minimum absolute atomic E-state index is 0.344. The predicted octanol–water partition coefficient (Wildman–Crippen LogP) is 2.50. The number of aliphatic hydroxyl groups is 1. The van der Waals surface area contributed by atoms with Crippen LogP contribution in [0.25, 0.3) is 0 Å². The molecular formula is C18H24N4O. The van der Waals surface area contributed by atoms with E-state index < -0.39 is 6.10 Å². The van der Waals surface area contributed by atoms with Gasteiger partial charge in [-0.3, -0.25) is 0 Å². The van der Waals surface area contributed by atoms with E-state index in [0.717, 1.165) is 36.5 Å². The van der Waals surface area contributed by atoms with Gasteiger partial charge in [0.2, 0.25) is 5.95 Å². The molecule has 0 amide bonds. The molecule has 2 aromatic rings. The summed E-state index contributed by atoms with van der Waals surface area (Å²) in [6.45, 7) is 0.721. The molecule has 3 N–H and O–H groups in total. The Balaban J connectivity index is 1.71. The van der Waals surface area contributed by atoms with Crippen molar-refractivity contribution in [2.24, 2.45) is 0 Å². The smallest absolute Gasteiger partial charge is 0.222 e. The molecule has 0 unspecified atom stereocenters. The zero-order valence-corrected chi connectivity index (χ0v) is 13.6. The molecule has 0 spiro atoms. The van der Waals surface area contributed by atoms with Crippen molar-refractivity contribution in [1.29, 1.82) is 0 Å². The fourth-order valence-corrected chi connectivity index (χ4v) is 3.17. The lowest BCUT2D eigenvalue weighted by Crippen LogP contribution is -2.25. The quantitative estimate of drug-likeness (QED) is 0.887. The fourth-order valence-electron chi connectivity index (χ4n) is 3.17. The molecule has 3 rings (SSSR count). The van der Waals surface area contributed by atoms with Crippen LogP contribution in [0.15, 0.2) is 30.3 Å². The number of benzene rings is 1. The third kappa shape index (κ3) is 3.62. The highest BCUT2D eigenvalue weighted by atomic mass is 16.3. The molecule has 23 heavy (non-hydrogen) atoms. The number of anilines is 2. The number of nitrogens with two attached hydrogens (primary N) is 1. The van der Waals surface area contributed by atoms with Crippen molar-refractivity contribution in [1.82, 2.24) is 9.97 Å². The third-order valence-electron chi connectivity index (χ3n) is 4.46. The maximum atomic E-state index is 10.3. The monoisotopic (exact) mass is 312 g/mol. The van der Waals surface area contributed by atoms with Crippen molar-refractivity contribution in [2.45, 2.75) is 38.2 Å². The first kappa shape index (κ1) is 15.7. The Morgan fingerprint density at radius 2 is 1.91 bits per heavy atom. The van der Waals surface area contributed by atoms with Crippen LogP contribution in [-0.2, 0) is 12.8 Å². The predicted molar refractivity (Wildman–Crippen MR) is 92.4 cm³/mol. The highest BCUT2D eigenvalue weighted by Crippen LogP contribution is 2.28. The van der Waals surface area contributed by atoms with Gasteiger partial charge in [0.25, 0.3) is 0 Å². The SMILES string of the molecule is CN(CC[C@@H](O)c1ccccc1)c1nc(N)nc2c1CCCC2. The van der Waals surface area contributed by atoms with E-state index in [1.54, 1.807) is 0 Å². The van der Waals surface area contributed by atoms with E-state index in [2.05, 4.69) is 14.9 Å². The second kappa shape index (κ2) is 6.96. The summed E-state index contributed by atoms with van der Waals surface area (Å²) in [5.41, 5.74) is 9.13. The summed E-state index contributed by atoms with van der Waals surface area (Å²) in [7, 11) is 2.01. The summed E-state index contributed by atoms with van der Waals surface area (Å²) < 4.78 is 0. The average molecular weight is 312 g/mol. The molecule has 0 saturated heterocycles. The van der Waals surface area contributed by atoms with Gasteiger partial charge in [0, 0.05) is 19.2 Å². The number of hydrogen-bond donors (Lipinski definition) is 2. The first-order chi connectivity index (χ1) is 11.1. The van der Waals surface area contributed by atoms with Crippen LogP contribution < -0.4 is 10.6 Å². The molecule has 1 aliphatic rings. The van der Waals surface area contributed by atoms with E-state index >= 15 is 0 Å². The van der Waals surface area contributed by atoms with Gasteiger partial charge in [0.05, 0.1) is 11.8 Å². The molecule has 122 valence electrons. The molecule has 0 radical (unpaired) electrons. The molecule has 1 heterocycles. The molecule has 1 atom stereocenters. The molecule has 1 aliphatic carbocycles. The molecule has 5 nitrogen and oxygen atoms in total. The van der Waals surface area contributed by atoms with Crippen LogP contribution in [0.2, 0.25) is 0 Å². The van der Waals surface area contributed by atoms with Gasteiger partial charge in [-0.2, -0.15) is 4.98 Å². The van der Waals surface area contributed by atoms with Crippen molar-refractivity contribution in [3.8, 4) is 0 Å². The maximum absolute atomic E-state index is 10.3. The van der Waals surface area contributed by atoms with Crippen molar-refractivity contribution >= 4 is 11.8 Å². The van der Waals surface area contributed by atoms with Crippen LogP contribution in [0.5, 0.6) is 0 Å². The van der Waals surface area contributed by atoms with E-state index in [9.17, 15) is 5.11 Å². The number of aryl methyl sites for hydroxylation is 1. The Bertz CT molecular complexity index is 660. The maximum Gasteiger partial charge on any atom is 0.222 e. The molecular weight excluding hydrogens is 288 g/mol. The number of aliphatic hydroxyl groups excluding tert-OH is 1. The molecule has 1 aromatic heterocycles. The Labute approximate surface area is 137 Å². The summed E-state index contributed by atoms with van der Waals surface area (Å²) >= 11 is 0. The average Bonchev–Trinajstić information content (AvgIpc) is 2.59. The van der Waals surface area contributed by atoms with Gasteiger partial charge < -0.3 is 15.7 Å². The van der Waals surface area contributed by atoms with Crippen LogP contribution in [0.1, 0.15) is 42.2 Å². The number of aromatic nitrogens is 2. The first-order valence-electron chi connectivity index (χ1n) is 8.24. The third-order valence-corrected chi connectivity index (χ3v) is 4.46. The van der Waals surface area contributed by atoms with Gasteiger partial charge >= 0.3 is 0 Å². The Hall–Kier alpha value is -2.14. The van der Waals surface area contributed by atoms with E-state index in [1.807, 2.05) is 37.4 Å². The second-order valence-electron chi connectivity index (χ2n) is 6.17. The van der Waals surface area contributed by atoms with Crippen LogP contribution in [0.3, 0.4) is 0 Å². The Kier molecular flexibility index (Phi) is 4.76. The lowest BCUT2D eigenvalue weighted by atomic mass is 9.96. The zero-order chi connectivity index (χ0) is 16.2. The van der Waals surface area contributed by atoms with Crippen molar-refractivity contribution in [2.75, 3.05) is 24.2 Å². The van der Waals surface area contributed by atoms with E-state index in [0.29, 0.717) is 12.4 Å². The molecule has 5 heteroatoms. The Morgan fingerprint density at radius 1 is 1.17 bits per heavy atom. The summed E-state index contributed by atoms with van der Waals surface area (Å²) in [5, 5.41) is 10.3. The van der Waals surface area contributed by atoms with Crippen LogP contribution >= 0.6 is 0 Å². The number of fused-ring (bicyclic) bond motifs is 1. The highest BCUT2D eigenvalue weighted by Gasteiger charge is 2.20. The zero-order valence-electron chi connectivity index (χ0n) is 13.6. The van der Waals surface area contributed by atoms with Crippen LogP contribution in [0, 0.1) is 0 Å². The minimum Gasteiger partial charge on any atom is -0.388 e. The standard InChI is InChI=1S/C18H24N4O/c1-22(12-11-16(23)13-7-3-2-4-8-13)17-14-9-5-6-10-15(14)20-18(19)21-17/h2-4,7-8,16,23H,5-6,9-12H2,1H3,(H2,19,20,21)/t16-/m1/s1. The van der Waals surface area contributed by atoms with Gasteiger partial charge in [-0.1, -0.05) is 30.3 Å². The van der Waals surface area contributed by atoms with Gasteiger partial charge in [-0.25, -0.2) is 4.98 Å². The molecule has 0 bridgehead atoms. The number of nitrogen functional groups attached to an aromatic ring is 1. The van der Waals surface area contributed by atoms with Gasteiger partial charge in [-0.05, 0) is 37.7 Å². The number of hydrogen-bond acceptors (Lipinski definition) is 5. The van der Waals surface area contributed by atoms with Crippen LogP contribution in [-0.4, -0.2) is 28.7 Å². The largest absolute Gasteiger partial charge is 0.388 e. The number of nitrogens with zero attached hydrogens (tertiary/aromatic N) is 3. The topological polar surface area (TPSA) is 75.3 Å². The molecule has 1 aromatic carbocycles. The van der Waals surface area contributed by atoms with Gasteiger partial charge in [0.15, 0.2) is 0 Å². The minimum atomic E-state index is -0.464. The molecule has 0 aliphatic heterocycles. The highest BCUT2D eigenvalue weighted by molar-refractivity contribution is 5.52. The normalized spacial score (nSPS) is 15.0. The van der Waals surface area contributed by atoms with Gasteiger partial charge in [0.1, 0.15) is 5.82 Å². The Morgan fingerprint density at radius 3 is 2.70 bits per heavy atom. The van der Waals surface area contributed by atoms with E-state index in [-0.39, 0.29) is 0 Å². The van der Waals surface area contributed by atoms with Crippen molar-refractivity contribution in [3.05, 3.63) is 47.2 Å².